The lowest BCUT2D eigenvalue weighted by Gasteiger charge is -2.44. The zero-order valence-electron chi connectivity index (χ0n) is 28.8. The Hall–Kier alpha value is -6.62. The molecular weight excluding hydrogens is 881 g/mol. The van der Waals surface area contributed by atoms with Gasteiger partial charge in [-0.1, -0.05) is 18.2 Å². The number of benzene rings is 5. The van der Waals surface area contributed by atoms with Crippen molar-refractivity contribution in [3.63, 3.8) is 0 Å². The van der Waals surface area contributed by atoms with E-state index in [1.165, 1.54) is 6.07 Å². The highest BCUT2D eigenvalue weighted by Crippen LogP contribution is 2.30. The van der Waals surface area contributed by atoms with Crippen LogP contribution >= 0.6 is 0 Å². The first-order valence-corrected chi connectivity index (χ1v) is 16.0. The third kappa shape index (κ3) is 7.26. The molecule has 6 aromatic rings. The molecular formula is C37H12BF20NO2. The number of phenolic OH excluding ortho intramolecular Hbond substituents is 1. The summed E-state index contributed by atoms with van der Waals surface area (Å²) >= 11 is 0. The summed E-state index contributed by atoms with van der Waals surface area (Å²) in [5, 5.41) is 9.27. The molecule has 0 spiro atoms. The van der Waals surface area contributed by atoms with Crippen molar-refractivity contribution >= 4 is 33.8 Å². The van der Waals surface area contributed by atoms with Gasteiger partial charge < -0.3 is 5.11 Å². The van der Waals surface area contributed by atoms with Crippen LogP contribution in [0.3, 0.4) is 0 Å². The molecule has 0 bridgehead atoms. The molecule has 0 aliphatic heterocycles. The zero-order chi connectivity index (χ0) is 45.7. The van der Waals surface area contributed by atoms with Gasteiger partial charge in [-0.3, -0.25) is 4.79 Å². The third-order valence-electron chi connectivity index (χ3n) is 8.98. The summed E-state index contributed by atoms with van der Waals surface area (Å²) in [5.41, 5.74) is -13.8. The number of carbonyl (C=O) groups excluding carboxylic acids is 1. The number of aromatic hydroxyl groups is 1. The maximum absolute atomic E-state index is 15.4. The van der Waals surface area contributed by atoms with Crippen LogP contribution in [0, 0.1) is 116 Å². The van der Waals surface area contributed by atoms with Gasteiger partial charge in [0.15, 0.2) is 82.2 Å². The van der Waals surface area contributed by atoms with Crippen molar-refractivity contribution in [2.75, 3.05) is 0 Å². The van der Waals surface area contributed by atoms with Crippen molar-refractivity contribution in [1.29, 1.82) is 0 Å². The molecule has 0 aliphatic carbocycles. The molecule has 1 heterocycles. The summed E-state index contributed by atoms with van der Waals surface area (Å²) in [4.78, 5) is 11.8. The molecule has 1 N–H and O–H groups in total. The van der Waals surface area contributed by atoms with E-state index in [1.54, 1.807) is 22.8 Å². The largest absolute Gasteiger partial charge is 0.508 e. The van der Waals surface area contributed by atoms with Gasteiger partial charge in [0.1, 0.15) is 58.4 Å². The van der Waals surface area contributed by atoms with Gasteiger partial charge in [0, 0.05) is 17.7 Å². The van der Waals surface area contributed by atoms with Crippen molar-refractivity contribution in [3.8, 4) is 5.75 Å². The van der Waals surface area contributed by atoms with Crippen molar-refractivity contribution in [2.24, 2.45) is 0 Å². The van der Waals surface area contributed by atoms with E-state index in [9.17, 15) is 62.6 Å². The van der Waals surface area contributed by atoms with Gasteiger partial charge in [-0.05, 0) is 12.1 Å². The van der Waals surface area contributed by atoms with E-state index in [0.29, 0.717) is 5.56 Å². The quantitative estimate of drug-likeness (QED) is 0.0454. The normalized spacial score (nSPS) is 11.5. The summed E-state index contributed by atoms with van der Waals surface area (Å²) in [6.45, 7) is 0.282. The Labute approximate surface area is 325 Å². The molecule has 0 radical (unpaired) electrons. The summed E-state index contributed by atoms with van der Waals surface area (Å²) in [6, 6.07) is 12.0. The van der Waals surface area contributed by atoms with Gasteiger partial charge in [0.2, 0.25) is 12.3 Å². The third-order valence-corrected chi connectivity index (χ3v) is 8.98. The van der Waals surface area contributed by atoms with Crippen LogP contribution in [0.15, 0.2) is 54.9 Å². The predicted molar refractivity (Wildman–Crippen MR) is 168 cm³/mol. The molecule has 1 aromatic heterocycles. The van der Waals surface area contributed by atoms with E-state index in [4.69, 9.17) is 0 Å². The molecule has 0 atom stereocenters. The first-order chi connectivity index (χ1) is 28.5. The number of halogens is 20. The molecule has 0 amide bonds. The number of carbonyl (C=O) groups is 1. The smallest absolute Gasteiger partial charge is 0.227 e. The monoisotopic (exact) mass is 893 g/mol. The van der Waals surface area contributed by atoms with Crippen LogP contribution in [0.4, 0.5) is 87.8 Å². The Morgan fingerprint density at radius 1 is 0.393 bits per heavy atom. The van der Waals surface area contributed by atoms with E-state index in [2.05, 4.69) is 0 Å². The molecule has 61 heavy (non-hydrogen) atoms. The van der Waals surface area contributed by atoms with E-state index in [0.717, 1.165) is 0 Å². The topological polar surface area (TPSA) is 41.2 Å². The lowest BCUT2D eigenvalue weighted by atomic mass is 9.12. The fraction of sp³-hybridized carbons (Fsp3) is 0.0270. The molecule has 0 unspecified atom stereocenters. The van der Waals surface area contributed by atoms with Gasteiger partial charge in [-0.25, -0.2) is 87.8 Å². The molecule has 0 aliphatic rings. The number of ketones is 1. The van der Waals surface area contributed by atoms with Crippen LogP contribution in [-0.4, -0.2) is 17.0 Å². The number of hydrogen-bond acceptors (Lipinski definition) is 2. The summed E-state index contributed by atoms with van der Waals surface area (Å²) in [6.07, 6.45) is -3.55. The number of rotatable bonds is 7. The predicted octanol–water partition coefficient (Wildman–Crippen LogP) is 7.41. The summed E-state index contributed by atoms with van der Waals surface area (Å²) in [5.74, 6) is -71.3. The standard InChI is InChI=1S/C24BF20.C13H11NO2/c26-5-1(6(27)14(35)21(42)13(5)34)25(2-7(28)15(36)22(43)16(37)8(2)29,3-9(30)17(38)23(44)18(39)10(3)31)4-11(32)19(40)24(45)20(41)12(4)33;15-12-6-4-5-11(9-12)13(16)10-14-7-2-1-3-8-14/h;1-9H,10H2/q-1;/p+1. The number of nitrogens with zero attached hydrogens (tertiary/aromatic N) is 1. The van der Waals surface area contributed by atoms with Gasteiger partial charge in [0.05, 0.1) is 0 Å². The maximum atomic E-state index is 15.4. The van der Waals surface area contributed by atoms with Crippen LogP contribution in [0.25, 0.3) is 0 Å². The van der Waals surface area contributed by atoms with Gasteiger partial charge in [-0.2, -0.15) is 4.57 Å². The van der Waals surface area contributed by atoms with Crippen LogP contribution in [0.2, 0.25) is 0 Å². The van der Waals surface area contributed by atoms with Crippen molar-refractivity contribution in [1.82, 2.24) is 0 Å². The first-order valence-electron chi connectivity index (χ1n) is 16.0. The highest BCUT2D eigenvalue weighted by molar-refractivity contribution is 7.20. The highest BCUT2D eigenvalue weighted by atomic mass is 19.2. The van der Waals surface area contributed by atoms with E-state index < -0.39 is 144 Å². The lowest BCUT2D eigenvalue weighted by molar-refractivity contribution is -0.683. The number of phenols is 1. The van der Waals surface area contributed by atoms with Crippen LogP contribution in [0.1, 0.15) is 10.4 Å². The number of aromatic nitrogens is 1. The minimum absolute atomic E-state index is 0.0212. The van der Waals surface area contributed by atoms with Crippen LogP contribution in [-0.2, 0) is 6.54 Å². The van der Waals surface area contributed by atoms with E-state index in [1.807, 2.05) is 30.6 Å². The minimum Gasteiger partial charge on any atom is -0.508 e. The Morgan fingerprint density at radius 2 is 0.656 bits per heavy atom. The SMILES string of the molecule is Fc1c(F)c(F)c([B-](c2c(F)c(F)c(F)c(F)c2F)(c2c(F)c(F)c(F)c(F)c2F)c2c(F)c(F)c(F)c(F)c2F)c(F)c1F.O=C(C[n+]1ccccc1)c1cccc(O)c1. The second-order valence-corrected chi connectivity index (χ2v) is 12.3. The molecule has 0 saturated carbocycles. The average molecular weight is 893 g/mol. The Balaban J connectivity index is 0.000000366. The first kappa shape index (κ1) is 45.5. The van der Waals surface area contributed by atoms with E-state index >= 15 is 35.1 Å². The Kier molecular flexibility index (Phi) is 12.5. The fourth-order valence-corrected chi connectivity index (χ4v) is 6.35. The molecule has 24 heteroatoms. The summed E-state index contributed by atoms with van der Waals surface area (Å²) in [7, 11) is 0. The molecule has 5 aromatic carbocycles. The van der Waals surface area contributed by atoms with Gasteiger partial charge in [0.25, 0.3) is 0 Å². The van der Waals surface area contributed by atoms with E-state index in [-0.39, 0.29) is 18.1 Å². The lowest BCUT2D eigenvalue weighted by Crippen LogP contribution is -2.81. The number of hydrogen-bond donors (Lipinski definition) is 1. The Morgan fingerprint density at radius 3 is 0.918 bits per heavy atom. The summed E-state index contributed by atoms with van der Waals surface area (Å²) < 4.78 is 296. The van der Waals surface area contributed by atoms with Gasteiger partial charge in [-0.15, -0.1) is 21.9 Å². The highest BCUT2D eigenvalue weighted by Gasteiger charge is 2.52. The van der Waals surface area contributed by atoms with Crippen molar-refractivity contribution < 1.29 is 102 Å². The fourth-order valence-electron chi connectivity index (χ4n) is 6.35. The molecule has 3 nitrogen and oxygen atoms in total. The average Bonchev–Trinajstić information content (AvgIpc) is 3.24. The van der Waals surface area contributed by atoms with Crippen LogP contribution in [0.5, 0.6) is 5.75 Å². The van der Waals surface area contributed by atoms with Crippen molar-refractivity contribution in [3.05, 3.63) is 177 Å². The molecule has 320 valence electrons. The molecule has 0 saturated heterocycles. The second-order valence-electron chi connectivity index (χ2n) is 12.3. The molecule has 6 rings (SSSR count). The van der Waals surface area contributed by atoms with Crippen molar-refractivity contribution in [2.45, 2.75) is 6.54 Å². The zero-order valence-corrected chi connectivity index (χ0v) is 28.8. The molecule has 0 fully saturated rings. The van der Waals surface area contributed by atoms with Gasteiger partial charge >= 0.3 is 0 Å². The number of pyridine rings is 1. The maximum Gasteiger partial charge on any atom is 0.227 e. The number of Topliss-reactive ketones (excluding diaryl/α,β-unsaturated/α-hetero) is 1. The second kappa shape index (κ2) is 16.8. The Bertz CT molecular complexity index is 2390. The minimum atomic E-state index is -7.22. The van der Waals surface area contributed by atoms with Crippen LogP contribution < -0.4 is 26.4 Å².